The van der Waals surface area contributed by atoms with E-state index in [1.807, 2.05) is 152 Å². The van der Waals surface area contributed by atoms with E-state index in [0.29, 0.717) is 40.5 Å². The van der Waals surface area contributed by atoms with Crippen molar-refractivity contribution in [3.63, 3.8) is 0 Å². The Hall–Kier alpha value is -12.9. The Morgan fingerprint density at radius 1 is 0.170 bits per heavy atom. The molecule has 0 spiro atoms. The lowest BCUT2D eigenvalue weighted by atomic mass is 9.91. The molecule has 0 unspecified atom stereocenters. The number of benzene rings is 13. The van der Waals surface area contributed by atoms with Gasteiger partial charge in [-0.1, -0.05) is 231 Å². The summed E-state index contributed by atoms with van der Waals surface area (Å²) in [5.41, 5.74) is 18.8. The minimum atomic E-state index is 0.494. The highest BCUT2D eigenvalue weighted by Gasteiger charge is 2.27. The molecule has 6 aromatic heterocycles. The first-order valence-electron chi connectivity index (χ1n) is 31.2. The minimum absolute atomic E-state index is 0.494. The zero-order valence-electron chi connectivity index (χ0n) is 50.0. The van der Waals surface area contributed by atoms with Gasteiger partial charge in [0, 0.05) is 87.6 Å². The van der Waals surface area contributed by atoms with Gasteiger partial charge in [-0.15, -0.1) is 0 Å². The van der Waals surface area contributed by atoms with E-state index in [9.17, 15) is 0 Å². The van der Waals surface area contributed by atoms with Gasteiger partial charge in [-0.3, -0.25) is 0 Å². The van der Waals surface area contributed by atoms with Crippen LogP contribution >= 0.6 is 0 Å². The summed E-state index contributed by atoms with van der Waals surface area (Å²) in [4.78, 5) is 32.5. The van der Waals surface area contributed by atoms with Crippen molar-refractivity contribution in [3.8, 4) is 113 Å². The van der Waals surface area contributed by atoms with Gasteiger partial charge in [0.25, 0.3) is 0 Å². The Labute approximate surface area is 536 Å². The third kappa shape index (κ3) is 8.65. The van der Waals surface area contributed by atoms with E-state index >= 15 is 0 Å². The number of hydrogen-bond acceptors (Lipinski definition) is 10. The van der Waals surface area contributed by atoms with Crippen LogP contribution in [-0.2, 0) is 0 Å². The van der Waals surface area contributed by atoms with Gasteiger partial charge in [0.1, 0.15) is 44.7 Å². The highest BCUT2D eigenvalue weighted by molar-refractivity contribution is 6.18. The third-order valence-corrected chi connectivity index (χ3v) is 18.0. The average molecular weight is 1210 g/mol. The van der Waals surface area contributed by atoms with Gasteiger partial charge < -0.3 is 17.7 Å². The lowest BCUT2D eigenvalue weighted by Crippen LogP contribution is -2.01. The molecule has 0 aliphatic carbocycles. The molecule has 0 amide bonds. The summed E-state index contributed by atoms with van der Waals surface area (Å²) < 4.78 is 27.0. The topological polar surface area (TPSA) is 130 Å². The first-order valence-corrected chi connectivity index (χ1v) is 31.2. The van der Waals surface area contributed by atoms with Crippen LogP contribution in [0.25, 0.3) is 201 Å². The van der Waals surface area contributed by atoms with Crippen molar-refractivity contribution in [2.24, 2.45) is 0 Å². The molecule has 13 aromatic carbocycles. The van der Waals surface area contributed by atoms with E-state index in [0.717, 1.165) is 160 Å². The van der Waals surface area contributed by atoms with E-state index in [1.54, 1.807) is 0 Å². The Morgan fingerprint density at radius 2 is 0.553 bits per heavy atom. The molecule has 6 heterocycles. The van der Waals surface area contributed by atoms with Crippen molar-refractivity contribution in [1.82, 2.24) is 29.9 Å². The summed E-state index contributed by atoms with van der Waals surface area (Å²) in [7, 11) is 0. The summed E-state index contributed by atoms with van der Waals surface area (Å²) >= 11 is 0. The first-order chi connectivity index (χ1) is 46.6. The summed E-state index contributed by atoms with van der Waals surface area (Å²) in [6, 6.07) is 99.2. The summed E-state index contributed by atoms with van der Waals surface area (Å²) in [5.74, 6) is 3.06. The normalized spacial score (nSPS) is 11.8. The molecule has 438 valence electrons. The van der Waals surface area contributed by atoms with Crippen LogP contribution in [0.15, 0.2) is 309 Å². The highest BCUT2D eigenvalue weighted by atomic mass is 16.3. The maximum atomic E-state index is 7.15. The maximum absolute atomic E-state index is 7.15. The number of fused-ring (bicyclic) bond motifs is 12. The molecule has 19 rings (SSSR count). The standard InChI is InChI=1S/C84H48N6O4/c1-5-22-49(23-6-1)54-47-66(74-59-31-14-17-38-68(59)92-72(74)48-54)84-86-79(52-28-11-4-12-29-52)85-82(90-84)63-36-21-41-71-75(63)61-34-19-33-57(77(61)94-71)56-43-42-53(46-65(56)51-26-9-3-10-27-51)80-87-81(62-35-20-40-70-73(62)58-30-13-16-37-67(58)91-70)89-83(88-80)64-45-44-55(50-24-7-2-8-25-50)78-76(64)60-32-15-18-39-69(60)93-78/h1-48H. The molecule has 0 bridgehead atoms. The van der Waals surface area contributed by atoms with Gasteiger partial charge in [-0.25, -0.2) is 29.9 Å². The Kier molecular flexibility index (Phi) is 12.0. The van der Waals surface area contributed by atoms with E-state index in [4.69, 9.17) is 47.6 Å². The first kappa shape index (κ1) is 53.0. The zero-order valence-corrected chi connectivity index (χ0v) is 50.0. The van der Waals surface area contributed by atoms with Crippen molar-refractivity contribution in [2.45, 2.75) is 0 Å². The number of rotatable bonds is 10. The predicted octanol–water partition coefficient (Wildman–Crippen LogP) is 22.3. The number of para-hydroxylation sites is 4. The van der Waals surface area contributed by atoms with E-state index in [-0.39, 0.29) is 0 Å². The summed E-state index contributed by atoms with van der Waals surface area (Å²) in [6.07, 6.45) is 0. The van der Waals surface area contributed by atoms with Gasteiger partial charge >= 0.3 is 0 Å². The molecule has 0 fully saturated rings. The fourth-order valence-corrected chi connectivity index (χ4v) is 13.7. The van der Waals surface area contributed by atoms with Crippen LogP contribution in [-0.4, -0.2) is 29.9 Å². The van der Waals surface area contributed by atoms with Crippen LogP contribution < -0.4 is 0 Å². The molecule has 0 atom stereocenters. The number of furan rings is 4. The second-order valence-corrected chi connectivity index (χ2v) is 23.5. The van der Waals surface area contributed by atoms with Gasteiger partial charge in [0.05, 0.1) is 0 Å². The van der Waals surface area contributed by atoms with E-state index in [1.165, 1.54) is 0 Å². The van der Waals surface area contributed by atoms with Crippen molar-refractivity contribution in [1.29, 1.82) is 0 Å². The van der Waals surface area contributed by atoms with Crippen molar-refractivity contribution in [2.75, 3.05) is 0 Å². The highest BCUT2D eigenvalue weighted by Crippen LogP contribution is 2.47. The predicted molar refractivity (Wildman–Crippen MR) is 377 cm³/mol. The Morgan fingerprint density at radius 3 is 1.18 bits per heavy atom. The van der Waals surface area contributed by atoms with Crippen molar-refractivity contribution in [3.05, 3.63) is 291 Å². The lowest BCUT2D eigenvalue weighted by Gasteiger charge is -2.15. The van der Waals surface area contributed by atoms with Gasteiger partial charge in [0.15, 0.2) is 34.9 Å². The van der Waals surface area contributed by atoms with E-state index < -0.39 is 0 Å². The largest absolute Gasteiger partial charge is 0.456 e. The van der Waals surface area contributed by atoms with Gasteiger partial charge in [-0.2, -0.15) is 0 Å². The van der Waals surface area contributed by atoms with E-state index in [2.05, 4.69) is 140 Å². The second-order valence-electron chi connectivity index (χ2n) is 23.5. The van der Waals surface area contributed by atoms with Crippen LogP contribution in [0.4, 0.5) is 0 Å². The molecule has 0 saturated carbocycles. The molecule has 94 heavy (non-hydrogen) atoms. The van der Waals surface area contributed by atoms with Crippen LogP contribution in [0.3, 0.4) is 0 Å². The Bertz CT molecular complexity index is 6230. The molecule has 10 heteroatoms. The summed E-state index contributed by atoms with van der Waals surface area (Å²) in [5, 5.41) is 7.47. The van der Waals surface area contributed by atoms with Gasteiger partial charge in [0.2, 0.25) is 0 Å². The molecular weight excluding hydrogens is 1160 g/mol. The molecule has 10 nitrogen and oxygen atoms in total. The smallest absolute Gasteiger partial charge is 0.164 e. The summed E-state index contributed by atoms with van der Waals surface area (Å²) in [6.45, 7) is 0. The quantitative estimate of drug-likeness (QED) is 0.130. The van der Waals surface area contributed by atoms with Crippen molar-refractivity contribution < 1.29 is 17.7 Å². The Balaban J connectivity index is 0.805. The molecule has 0 radical (unpaired) electrons. The molecule has 0 N–H and O–H groups in total. The molecule has 19 aromatic rings. The van der Waals surface area contributed by atoms with Gasteiger partial charge in [-0.05, 0) is 94.0 Å². The monoisotopic (exact) mass is 1200 g/mol. The number of nitrogens with zero attached hydrogens (tertiary/aromatic N) is 6. The zero-order chi connectivity index (χ0) is 61.8. The number of aromatic nitrogens is 6. The second kappa shape index (κ2) is 21.4. The fourth-order valence-electron chi connectivity index (χ4n) is 13.7. The lowest BCUT2D eigenvalue weighted by molar-refractivity contribution is 0.668. The molecule has 0 aliphatic heterocycles. The van der Waals surface area contributed by atoms with Crippen molar-refractivity contribution >= 4 is 87.8 Å². The number of hydrogen-bond donors (Lipinski definition) is 0. The van der Waals surface area contributed by atoms with Crippen LogP contribution in [0, 0.1) is 0 Å². The minimum Gasteiger partial charge on any atom is -0.456 e. The van der Waals surface area contributed by atoms with Crippen LogP contribution in [0.1, 0.15) is 0 Å². The van der Waals surface area contributed by atoms with Crippen LogP contribution in [0.2, 0.25) is 0 Å². The third-order valence-electron chi connectivity index (χ3n) is 18.0. The van der Waals surface area contributed by atoms with Crippen LogP contribution in [0.5, 0.6) is 0 Å². The fraction of sp³-hybridized carbons (Fsp3) is 0. The maximum Gasteiger partial charge on any atom is 0.164 e. The average Bonchev–Trinajstić information content (AvgIpc) is 1.55. The molecular formula is C84H48N6O4. The molecule has 0 aliphatic rings. The molecule has 0 saturated heterocycles. The SMILES string of the molecule is c1ccc(-c2cc(-c3nc(-c4ccccc4)nc(-c4cccc5oc6c(-c7ccc(-c8nc(-c9cccc%10oc%11ccccc%11c9%10)nc(-c9ccc(-c%10ccccc%10)c%10oc%11ccccc%11c9%10)n8)cc7-c7ccccc7)cccc6c45)n3)c3c(c2)oc2ccccc23)cc1.